The zero-order valence-electron chi connectivity index (χ0n) is 18.4. The molecular weight excluding hydrogens is 485 g/mol. The van der Waals surface area contributed by atoms with Crippen molar-refractivity contribution < 1.29 is 22.1 Å². The summed E-state index contributed by atoms with van der Waals surface area (Å²) in [6.07, 6.45) is -0.115. The molecule has 0 spiro atoms. The number of allylic oxidation sites excluding steroid dienone is 1. The maximum Gasteiger partial charge on any atom is 0.414 e. The van der Waals surface area contributed by atoms with Gasteiger partial charge < -0.3 is 9.64 Å². The number of carbonyl (C=O) groups excluding carboxylic acids is 1. The van der Waals surface area contributed by atoms with E-state index >= 15 is 0 Å². The minimum Gasteiger partial charge on any atom is -0.416 e. The molecule has 33 heavy (non-hydrogen) atoms. The van der Waals surface area contributed by atoms with Crippen LogP contribution in [0.25, 0.3) is 0 Å². The molecule has 1 heterocycles. The standard InChI is InChI=1S/C24H25Cl2NO5S/c1-15(2)31-23(28)27-13-18-10-19(32-33(29,30)20-7-4-16(3)5-8-20)12-24(18,14-27)17-6-9-21(25)22(26)11-17/h4-9,11,18-19H,1,10,12-14H2,2-3H3/t18-,19-,24+/m1/s1. The molecular formula is C24H25Cl2NO5S. The normalized spacial score (nSPS) is 24.5. The number of carbonyl (C=O) groups is 1. The number of hydrogen-bond acceptors (Lipinski definition) is 5. The molecule has 176 valence electrons. The summed E-state index contributed by atoms with van der Waals surface area (Å²) in [7, 11) is -3.93. The van der Waals surface area contributed by atoms with Gasteiger partial charge in [-0.25, -0.2) is 4.79 Å². The molecule has 4 rings (SSSR count). The van der Waals surface area contributed by atoms with Crippen molar-refractivity contribution in [3.05, 3.63) is 76.0 Å². The van der Waals surface area contributed by atoms with E-state index in [2.05, 4.69) is 6.58 Å². The molecule has 2 aromatic carbocycles. The highest BCUT2D eigenvalue weighted by molar-refractivity contribution is 7.86. The Hall–Kier alpha value is -2.06. The maximum atomic E-state index is 12.9. The average molecular weight is 510 g/mol. The lowest BCUT2D eigenvalue weighted by Gasteiger charge is -2.30. The SMILES string of the molecule is C=C(C)OC(=O)N1C[C@H]2C[C@@H](OS(=O)(=O)c3ccc(C)cc3)C[C@@]2(c2ccc(Cl)c(Cl)c2)C1. The minimum absolute atomic E-state index is 0.0365. The van der Waals surface area contributed by atoms with E-state index < -0.39 is 27.7 Å². The molecule has 2 aromatic rings. The summed E-state index contributed by atoms with van der Waals surface area (Å²) in [5, 5.41) is 0.833. The Morgan fingerprint density at radius 3 is 2.48 bits per heavy atom. The van der Waals surface area contributed by atoms with Gasteiger partial charge in [0.25, 0.3) is 10.1 Å². The van der Waals surface area contributed by atoms with Crippen LogP contribution in [0.15, 0.2) is 59.7 Å². The van der Waals surface area contributed by atoms with Crippen LogP contribution in [0.4, 0.5) is 4.79 Å². The van der Waals surface area contributed by atoms with Crippen LogP contribution in [-0.2, 0) is 24.5 Å². The van der Waals surface area contributed by atoms with Crippen LogP contribution < -0.4 is 0 Å². The molecule has 1 saturated heterocycles. The molecule has 3 atom stereocenters. The number of fused-ring (bicyclic) bond motifs is 1. The van der Waals surface area contributed by atoms with Crippen LogP contribution >= 0.6 is 23.2 Å². The number of ether oxygens (including phenoxy) is 1. The highest BCUT2D eigenvalue weighted by Gasteiger charge is 2.56. The monoisotopic (exact) mass is 509 g/mol. The largest absolute Gasteiger partial charge is 0.416 e. The van der Waals surface area contributed by atoms with Gasteiger partial charge in [-0.15, -0.1) is 0 Å². The van der Waals surface area contributed by atoms with Crippen molar-refractivity contribution in [1.82, 2.24) is 4.90 Å². The van der Waals surface area contributed by atoms with Crippen molar-refractivity contribution in [2.45, 2.75) is 43.1 Å². The molecule has 1 aliphatic heterocycles. The summed E-state index contributed by atoms with van der Waals surface area (Å²) in [6, 6.07) is 12.0. The molecule has 1 amide bonds. The number of nitrogens with zero attached hydrogens (tertiary/aromatic N) is 1. The summed E-state index contributed by atoms with van der Waals surface area (Å²) < 4.78 is 36.7. The Morgan fingerprint density at radius 2 is 1.85 bits per heavy atom. The highest BCUT2D eigenvalue weighted by atomic mass is 35.5. The minimum atomic E-state index is -3.93. The van der Waals surface area contributed by atoms with Crippen molar-refractivity contribution in [3.8, 4) is 0 Å². The van der Waals surface area contributed by atoms with Crippen molar-refractivity contribution in [2.24, 2.45) is 5.92 Å². The first-order chi connectivity index (χ1) is 15.5. The zero-order valence-corrected chi connectivity index (χ0v) is 20.7. The van der Waals surface area contributed by atoms with E-state index in [4.69, 9.17) is 32.1 Å². The third-order valence-corrected chi connectivity index (χ3v) is 8.54. The van der Waals surface area contributed by atoms with Crippen molar-refractivity contribution in [2.75, 3.05) is 13.1 Å². The predicted molar refractivity (Wildman–Crippen MR) is 127 cm³/mol. The molecule has 2 fully saturated rings. The van der Waals surface area contributed by atoms with Crippen molar-refractivity contribution in [3.63, 3.8) is 0 Å². The van der Waals surface area contributed by atoms with Gasteiger partial charge in [-0.3, -0.25) is 4.18 Å². The average Bonchev–Trinajstić information content (AvgIpc) is 3.24. The van der Waals surface area contributed by atoms with Crippen molar-refractivity contribution in [1.29, 1.82) is 0 Å². The summed E-state index contributed by atoms with van der Waals surface area (Å²) in [6.45, 7) is 7.90. The van der Waals surface area contributed by atoms with Gasteiger partial charge in [-0.1, -0.05) is 53.5 Å². The third-order valence-electron chi connectivity index (χ3n) is 6.42. The Kier molecular flexibility index (Phi) is 6.53. The molecule has 0 N–H and O–H groups in total. The first kappa shape index (κ1) is 24.1. The van der Waals surface area contributed by atoms with Gasteiger partial charge in [0.1, 0.15) is 0 Å². The lowest BCUT2D eigenvalue weighted by atomic mass is 9.74. The first-order valence-corrected chi connectivity index (χ1v) is 12.7. The quantitative estimate of drug-likeness (QED) is 0.381. The van der Waals surface area contributed by atoms with Gasteiger partial charge in [0.15, 0.2) is 0 Å². The number of halogens is 2. The molecule has 6 nitrogen and oxygen atoms in total. The van der Waals surface area contributed by atoms with Gasteiger partial charge in [-0.2, -0.15) is 8.42 Å². The molecule has 0 aromatic heterocycles. The molecule has 1 aliphatic carbocycles. The number of benzene rings is 2. The van der Waals surface area contributed by atoms with Crippen LogP contribution in [0.3, 0.4) is 0 Å². The maximum absolute atomic E-state index is 12.9. The summed E-state index contributed by atoms with van der Waals surface area (Å²) in [5.74, 6) is 0.275. The van der Waals surface area contributed by atoms with Crippen LogP contribution in [0.2, 0.25) is 10.0 Å². The zero-order chi connectivity index (χ0) is 24.0. The Balaban J connectivity index is 1.62. The van der Waals surface area contributed by atoms with Gasteiger partial charge >= 0.3 is 6.09 Å². The number of rotatable bonds is 5. The highest BCUT2D eigenvalue weighted by Crippen LogP contribution is 2.52. The second kappa shape index (κ2) is 8.95. The van der Waals surface area contributed by atoms with Gasteiger partial charge in [0.05, 0.1) is 26.8 Å². The van der Waals surface area contributed by atoms with Gasteiger partial charge in [0.2, 0.25) is 0 Å². The van der Waals surface area contributed by atoms with E-state index in [0.29, 0.717) is 41.7 Å². The van der Waals surface area contributed by atoms with Crippen LogP contribution in [0.1, 0.15) is 30.9 Å². The second-order valence-electron chi connectivity index (χ2n) is 8.86. The fourth-order valence-corrected chi connectivity index (χ4v) is 6.31. The van der Waals surface area contributed by atoms with Crippen molar-refractivity contribution >= 4 is 39.4 Å². The second-order valence-corrected chi connectivity index (χ2v) is 11.2. The van der Waals surface area contributed by atoms with Gasteiger partial charge in [0, 0.05) is 18.5 Å². The molecule has 0 unspecified atom stereocenters. The first-order valence-electron chi connectivity index (χ1n) is 10.6. The molecule has 9 heteroatoms. The molecule has 2 aliphatic rings. The lowest BCUT2D eigenvalue weighted by Crippen LogP contribution is -2.36. The fraction of sp³-hybridized carbons (Fsp3) is 0.375. The number of amides is 1. The number of hydrogen-bond donors (Lipinski definition) is 0. The lowest BCUT2D eigenvalue weighted by molar-refractivity contribution is 0.129. The van der Waals surface area contributed by atoms with Crippen LogP contribution in [-0.4, -0.2) is 38.6 Å². The molecule has 1 saturated carbocycles. The van der Waals surface area contributed by atoms with E-state index in [1.165, 1.54) is 0 Å². The van der Waals surface area contributed by atoms with E-state index in [-0.39, 0.29) is 10.8 Å². The molecule has 0 radical (unpaired) electrons. The Bertz CT molecular complexity index is 1200. The van der Waals surface area contributed by atoms with Crippen LogP contribution in [0.5, 0.6) is 0 Å². The fourth-order valence-electron chi connectivity index (χ4n) is 4.93. The number of likely N-dealkylation sites (tertiary alicyclic amines) is 1. The van der Waals surface area contributed by atoms with Gasteiger partial charge in [-0.05, 0) is 62.4 Å². The van der Waals surface area contributed by atoms with E-state index in [1.807, 2.05) is 13.0 Å². The predicted octanol–water partition coefficient (Wildman–Crippen LogP) is 5.71. The smallest absolute Gasteiger partial charge is 0.414 e. The summed E-state index contributed by atoms with van der Waals surface area (Å²) >= 11 is 12.4. The summed E-state index contributed by atoms with van der Waals surface area (Å²) in [5.41, 5.74) is 1.33. The molecule has 0 bridgehead atoms. The topological polar surface area (TPSA) is 72.9 Å². The van der Waals surface area contributed by atoms with E-state index in [9.17, 15) is 13.2 Å². The van der Waals surface area contributed by atoms with E-state index in [1.54, 1.807) is 48.2 Å². The van der Waals surface area contributed by atoms with Crippen LogP contribution in [0, 0.1) is 12.8 Å². The Labute approximate surface area is 204 Å². The summed E-state index contributed by atoms with van der Waals surface area (Å²) in [4.78, 5) is 14.3. The number of aryl methyl sites for hydroxylation is 1. The third kappa shape index (κ3) is 4.78. The Morgan fingerprint density at radius 1 is 1.15 bits per heavy atom. The van der Waals surface area contributed by atoms with E-state index in [0.717, 1.165) is 11.1 Å².